The topological polar surface area (TPSA) is 66.4 Å². The third-order valence-corrected chi connectivity index (χ3v) is 2.47. The Labute approximate surface area is 110 Å². The summed E-state index contributed by atoms with van der Waals surface area (Å²) in [5.41, 5.74) is 0.539. The van der Waals surface area contributed by atoms with Crippen LogP contribution in [0, 0.1) is 5.82 Å². The highest BCUT2D eigenvalue weighted by Gasteiger charge is 2.17. The monoisotopic (exact) mass is 265 g/mol. The van der Waals surface area contributed by atoms with Crippen LogP contribution in [0.3, 0.4) is 0 Å². The van der Waals surface area contributed by atoms with Crippen LogP contribution in [0.4, 0.5) is 4.39 Å². The lowest BCUT2D eigenvalue weighted by molar-refractivity contribution is -0.141. The SMILES string of the molecule is CCCC(NC(=O)/C=C/c1cccc(F)c1)C(=O)O. The Morgan fingerprint density at radius 1 is 1.47 bits per heavy atom. The summed E-state index contributed by atoms with van der Waals surface area (Å²) in [5, 5.41) is 11.3. The summed E-state index contributed by atoms with van der Waals surface area (Å²) < 4.78 is 12.9. The van der Waals surface area contributed by atoms with Crippen molar-refractivity contribution in [1.82, 2.24) is 5.32 Å². The van der Waals surface area contributed by atoms with Crippen molar-refractivity contribution in [1.29, 1.82) is 0 Å². The van der Waals surface area contributed by atoms with Gasteiger partial charge in [-0.2, -0.15) is 0 Å². The lowest BCUT2D eigenvalue weighted by Crippen LogP contribution is -2.39. The van der Waals surface area contributed by atoms with Gasteiger partial charge in [0, 0.05) is 6.08 Å². The summed E-state index contributed by atoms with van der Waals surface area (Å²) in [6.07, 6.45) is 3.66. The van der Waals surface area contributed by atoms with Gasteiger partial charge in [-0.3, -0.25) is 4.79 Å². The Hall–Kier alpha value is -2.17. The van der Waals surface area contributed by atoms with Gasteiger partial charge in [0.05, 0.1) is 0 Å². The summed E-state index contributed by atoms with van der Waals surface area (Å²) in [5.74, 6) is -1.96. The number of rotatable bonds is 6. The van der Waals surface area contributed by atoms with Crippen molar-refractivity contribution >= 4 is 18.0 Å². The van der Waals surface area contributed by atoms with Crippen molar-refractivity contribution in [3.8, 4) is 0 Å². The zero-order valence-corrected chi connectivity index (χ0v) is 10.6. The number of amides is 1. The Bertz CT molecular complexity index is 485. The molecule has 0 aliphatic rings. The van der Waals surface area contributed by atoms with E-state index in [1.807, 2.05) is 6.92 Å². The third-order valence-electron chi connectivity index (χ3n) is 2.47. The maximum Gasteiger partial charge on any atom is 0.326 e. The van der Waals surface area contributed by atoms with E-state index in [0.29, 0.717) is 18.4 Å². The van der Waals surface area contributed by atoms with E-state index in [4.69, 9.17) is 5.11 Å². The van der Waals surface area contributed by atoms with Crippen molar-refractivity contribution in [2.75, 3.05) is 0 Å². The van der Waals surface area contributed by atoms with E-state index in [1.54, 1.807) is 6.07 Å². The van der Waals surface area contributed by atoms with Gasteiger partial charge in [-0.05, 0) is 30.2 Å². The minimum absolute atomic E-state index is 0.370. The molecule has 2 N–H and O–H groups in total. The molecule has 0 bridgehead atoms. The van der Waals surface area contributed by atoms with Gasteiger partial charge < -0.3 is 10.4 Å². The second-order valence-electron chi connectivity index (χ2n) is 4.08. The average molecular weight is 265 g/mol. The van der Waals surface area contributed by atoms with Crippen LogP contribution in [0.2, 0.25) is 0 Å². The van der Waals surface area contributed by atoms with Crippen LogP contribution in [0.5, 0.6) is 0 Å². The number of benzene rings is 1. The third kappa shape index (κ3) is 5.33. The fraction of sp³-hybridized carbons (Fsp3) is 0.286. The van der Waals surface area contributed by atoms with Gasteiger partial charge in [0.15, 0.2) is 0 Å². The van der Waals surface area contributed by atoms with E-state index in [-0.39, 0.29) is 0 Å². The minimum atomic E-state index is -1.06. The molecule has 1 aromatic carbocycles. The van der Waals surface area contributed by atoms with Crippen LogP contribution < -0.4 is 5.32 Å². The first-order valence-electron chi connectivity index (χ1n) is 6.00. The molecule has 1 amide bonds. The second-order valence-corrected chi connectivity index (χ2v) is 4.08. The first-order chi connectivity index (χ1) is 9.02. The smallest absolute Gasteiger partial charge is 0.326 e. The summed E-state index contributed by atoms with van der Waals surface area (Å²) in [6.45, 7) is 1.84. The van der Waals surface area contributed by atoms with Gasteiger partial charge in [0.2, 0.25) is 5.91 Å². The maximum atomic E-state index is 12.9. The van der Waals surface area contributed by atoms with Gasteiger partial charge in [0.25, 0.3) is 0 Å². The molecular weight excluding hydrogens is 249 g/mol. The Morgan fingerprint density at radius 2 is 2.21 bits per heavy atom. The summed E-state index contributed by atoms with van der Waals surface area (Å²) >= 11 is 0. The van der Waals surface area contributed by atoms with Gasteiger partial charge in [-0.1, -0.05) is 25.5 Å². The van der Waals surface area contributed by atoms with Crippen molar-refractivity contribution in [2.45, 2.75) is 25.8 Å². The molecular formula is C14H16FNO3. The predicted molar refractivity (Wildman–Crippen MR) is 69.9 cm³/mol. The lowest BCUT2D eigenvalue weighted by Gasteiger charge is -2.11. The molecule has 0 aromatic heterocycles. The first kappa shape index (κ1) is 14.9. The summed E-state index contributed by atoms with van der Waals surface area (Å²) in [6, 6.07) is 4.87. The number of hydrogen-bond donors (Lipinski definition) is 2. The van der Waals surface area contributed by atoms with E-state index in [0.717, 1.165) is 0 Å². The number of carboxylic acids is 1. The predicted octanol–water partition coefficient (Wildman–Crippen LogP) is 2.21. The fourth-order valence-electron chi connectivity index (χ4n) is 1.55. The molecule has 19 heavy (non-hydrogen) atoms. The number of aliphatic carboxylic acids is 1. The molecule has 0 radical (unpaired) electrons. The van der Waals surface area contributed by atoms with Gasteiger partial charge in [0.1, 0.15) is 11.9 Å². The summed E-state index contributed by atoms with van der Waals surface area (Å²) in [7, 11) is 0. The second kappa shape index (κ2) is 7.31. The van der Waals surface area contributed by atoms with Crippen molar-refractivity contribution in [3.63, 3.8) is 0 Å². The van der Waals surface area contributed by atoms with Gasteiger partial charge in [-0.15, -0.1) is 0 Å². The van der Waals surface area contributed by atoms with E-state index in [1.165, 1.54) is 30.4 Å². The van der Waals surface area contributed by atoms with Gasteiger partial charge >= 0.3 is 5.97 Å². The van der Waals surface area contributed by atoms with Crippen LogP contribution in [0.1, 0.15) is 25.3 Å². The molecule has 0 spiro atoms. The summed E-state index contributed by atoms with van der Waals surface area (Å²) in [4.78, 5) is 22.4. The Balaban J connectivity index is 2.61. The molecule has 102 valence electrons. The normalized spacial score (nSPS) is 12.3. The number of nitrogens with one attached hydrogen (secondary N) is 1. The zero-order valence-electron chi connectivity index (χ0n) is 10.6. The lowest BCUT2D eigenvalue weighted by atomic mass is 10.1. The molecule has 0 heterocycles. The van der Waals surface area contributed by atoms with E-state index in [9.17, 15) is 14.0 Å². The average Bonchev–Trinajstić information content (AvgIpc) is 2.36. The van der Waals surface area contributed by atoms with Crippen molar-refractivity contribution in [3.05, 3.63) is 41.7 Å². The number of carbonyl (C=O) groups is 2. The van der Waals surface area contributed by atoms with Crippen LogP contribution in [-0.2, 0) is 9.59 Å². The largest absolute Gasteiger partial charge is 0.480 e. The first-order valence-corrected chi connectivity index (χ1v) is 6.00. The highest BCUT2D eigenvalue weighted by Crippen LogP contribution is 2.05. The number of hydrogen-bond acceptors (Lipinski definition) is 2. The van der Waals surface area contributed by atoms with E-state index in [2.05, 4.69) is 5.32 Å². The fourth-order valence-corrected chi connectivity index (χ4v) is 1.55. The number of carboxylic acid groups (broad SMARTS) is 1. The molecule has 1 aromatic rings. The highest BCUT2D eigenvalue weighted by molar-refractivity contribution is 5.94. The van der Waals surface area contributed by atoms with Crippen LogP contribution in [0.15, 0.2) is 30.3 Å². The molecule has 1 rings (SSSR count). The number of halogens is 1. The van der Waals surface area contributed by atoms with E-state index >= 15 is 0 Å². The van der Waals surface area contributed by atoms with Crippen LogP contribution >= 0.6 is 0 Å². The van der Waals surface area contributed by atoms with E-state index < -0.39 is 23.7 Å². The van der Waals surface area contributed by atoms with Crippen molar-refractivity contribution in [2.24, 2.45) is 0 Å². The molecule has 4 nitrogen and oxygen atoms in total. The van der Waals surface area contributed by atoms with Gasteiger partial charge in [-0.25, -0.2) is 9.18 Å². The van der Waals surface area contributed by atoms with Crippen LogP contribution in [0.25, 0.3) is 6.08 Å². The minimum Gasteiger partial charge on any atom is -0.480 e. The molecule has 0 saturated carbocycles. The molecule has 0 fully saturated rings. The maximum absolute atomic E-state index is 12.9. The molecule has 5 heteroatoms. The number of carbonyl (C=O) groups excluding carboxylic acids is 1. The van der Waals surface area contributed by atoms with Crippen LogP contribution in [-0.4, -0.2) is 23.0 Å². The zero-order chi connectivity index (χ0) is 14.3. The Kier molecular flexibility index (Phi) is 5.73. The molecule has 0 saturated heterocycles. The molecule has 1 unspecified atom stereocenters. The quantitative estimate of drug-likeness (QED) is 0.775. The van der Waals surface area contributed by atoms with Crippen molar-refractivity contribution < 1.29 is 19.1 Å². The Morgan fingerprint density at radius 3 is 2.79 bits per heavy atom. The molecule has 1 atom stereocenters. The molecule has 0 aliphatic heterocycles. The highest BCUT2D eigenvalue weighted by atomic mass is 19.1. The molecule has 0 aliphatic carbocycles. The standard InChI is InChI=1S/C14H16FNO3/c1-2-4-12(14(18)19)16-13(17)8-7-10-5-3-6-11(15)9-10/h3,5-9,12H,2,4H2,1H3,(H,16,17)(H,18,19)/b8-7+.